The highest BCUT2D eigenvalue weighted by Crippen LogP contribution is 2.07. The average Bonchev–Trinajstić information content (AvgIpc) is 2.96. The molecule has 0 spiro atoms. The minimum Gasteiger partial charge on any atom is -0.358 e. The molecule has 100 valence electrons. The van der Waals surface area contributed by atoms with Crippen LogP contribution in [-0.4, -0.2) is 30.6 Å². The van der Waals surface area contributed by atoms with Gasteiger partial charge in [0.15, 0.2) is 5.82 Å². The third kappa shape index (κ3) is 3.37. The maximum atomic E-state index is 11.6. The molecule has 0 bridgehead atoms. The van der Waals surface area contributed by atoms with E-state index in [0.29, 0.717) is 12.4 Å². The molecule has 0 unspecified atom stereocenters. The summed E-state index contributed by atoms with van der Waals surface area (Å²) in [6.45, 7) is 2.14. The second-order valence-corrected chi connectivity index (χ2v) is 3.96. The molecule has 0 aliphatic heterocycles. The SMILES string of the molecule is Cc1cc(NC(=O)CCn2cnc([N+](=O)[O-])c2)n[nH]1. The number of aryl methyl sites for hydroxylation is 2. The van der Waals surface area contributed by atoms with Crippen LogP contribution in [0.1, 0.15) is 12.1 Å². The van der Waals surface area contributed by atoms with E-state index < -0.39 is 4.92 Å². The molecule has 0 aliphatic carbocycles. The van der Waals surface area contributed by atoms with Crippen LogP contribution in [-0.2, 0) is 11.3 Å². The molecule has 2 N–H and O–H groups in total. The lowest BCUT2D eigenvalue weighted by molar-refractivity contribution is -0.389. The lowest BCUT2D eigenvalue weighted by Crippen LogP contribution is -2.14. The van der Waals surface area contributed by atoms with Gasteiger partial charge in [0, 0.05) is 24.7 Å². The smallest absolute Gasteiger partial charge is 0.358 e. The normalized spacial score (nSPS) is 10.4. The Morgan fingerprint density at radius 2 is 2.42 bits per heavy atom. The number of nitrogens with zero attached hydrogens (tertiary/aromatic N) is 4. The van der Waals surface area contributed by atoms with Crippen molar-refractivity contribution in [3.63, 3.8) is 0 Å². The number of hydrogen-bond donors (Lipinski definition) is 2. The highest BCUT2D eigenvalue weighted by molar-refractivity contribution is 5.89. The van der Waals surface area contributed by atoms with E-state index in [1.165, 1.54) is 17.1 Å². The molecular weight excluding hydrogens is 252 g/mol. The largest absolute Gasteiger partial charge is 0.381 e. The maximum Gasteiger partial charge on any atom is 0.381 e. The van der Waals surface area contributed by atoms with E-state index in [2.05, 4.69) is 20.5 Å². The molecule has 0 fully saturated rings. The molecule has 19 heavy (non-hydrogen) atoms. The summed E-state index contributed by atoms with van der Waals surface area (Å²) in [5, 5.41) is 19.6. The van der Waals surface area contributed by atoms with Gasteiger partial charge >= 0.3 is 5.82 Å². The predicted molar refractivity (Wildman–Crippen MR) is 65.5 cm³/mol. The van der Waals surface area contributed by atoms with Crippen molar-refractivity contribution in [2.24, 2.45) is 0 Å². The van der Waals surface area contributed by atoms with Crippen molar-refractivity contribution in [2.75, 3.05) is 5.32 Å². The fourth-order valence-corrected chi connectivity index (χ4v) is 1.48. The van der Waals surface area contributed by atoms with E-state index in [9.17, 15) is 14.9 Å². The Balaban J connectivity index is 1.84. The molecule has 2 aromatic heterocycles. The third-order valence-corrected chi connectivity index (χ3v) is 2.38. The molecule has 9 heteroatoms. The highest BCUT2D eigenvalue weighted by Gasteiger charge is 2.11. The first-order valence-corrected chi connectivity index (χ1v) is 5.52. The van der Waals surface area contributed by atoms with E-state index in [1.54, 1.807) is 6.07 Å². The third-order valence-electron chi connectivity index (χ3n) is 2.38. The molecule has 0 radical (unpaired) electrons. The number of rotatable bonds is 5. The average molecular weight is 264 g/mol. The second-order valence-electron chi connectivity index (χ2n) is 3.96. The first-order valence-electron chi connectivity index (χ1n) is 5.52. The van der Waals surface area contributed by atoms with Gasteiger partial charge in [-0.1, -0.05) is 0 Å². The monoisotopic (exact) mass is 264 g/mol. The molecule has 0 atom stereocenters. The molecule has 9 nitrogen and oxygen atoms in total. The fraction of sp³-hybridized carbons (Fsp3) is 0.300. The van der Waals surface area contributed by atoms with Gasteiger partial charge in [-0.3, -0.25) is 9.89 Å². The fourth-order valence-electron chi connectivity index (χ4n) is 1.48. The summed E-state index contributed by atoms with van der Waals surface area (Å²) in [4.78, 5) is 25.1. The van der Waals surface area contributed by atoms with Crippen LogP contribution in [0.25, 0.3) is 0 Å². The van der Waals surface area contributed by atoms with Crippen LogP contribution in [0.3, 0.4) is 0 Å². The Hall–Kier alpha value is -2.71. The van der Waals surface area contributed by atoms with Gasteiger partial charge in [0.2, 0.25) is 12.2 Å². The summed E-state index contributed by atoms with van der Waals surface area (Å²) in [6.07, 6.45) is 2.79. The van der Waals surface area contributed by atoms with Crippen molar-refractivity contribution in [1.29, 1.82) is 0 Å². The number of nitrogens with one attached hydrogen (secondary N) is 2. The number of H-pyrrole nitrogens is 1. The lowest BCUT2D eigenvalue weighted by atomic mass is 10.4. The van der Waals surface area contributed by atoms with E-state index >= 15 is 0 Å². The van der Waals surface area contributed by atoms with Crippen LogP contribution in [0, 0.1) is 17.0 Å². The minimum atomic E-state index is -0.580. The Morgan fingerprint density at radius 3 is 3.00 bits per heavy atom. The number of amides is 1. The van der Waals surface area contributed by atoms with Gasteiger partial charge in [-0.05, 0) is 16.8 Å². The minimum absolute atomic E-state index is 0.180. The van der Waals surface area contributed by atoms with Crippen molar-refractivity contribution in [1.82, 2.24) is 19.7 Å². The number of nitro groups is 1. The van der Waals surface area contributed by atoms with Crippen LogP contribution in [0.5, 0.6) is 0 Å². The van der Waals surface area contributed by atoms with Crippen LogP contribution < -0.4 is 5.32 Å². The molecule has 0 aliphatic rings. The van der Waals surface area contributed by atoms with Gasteiger partial charge < -0.3 is 20.0 Å². The number of hydrogen-bond acceptors (Lipinski definition) is 5. The Labute approximate surface area is 107 Å². The summed E-state index contributed by atoms with van der Waals surface area (Å²) in [7, 11) is 0. The van der Waals surface area contributed by atoms with Crippen molar-refractivity contribution in [3.05, 3.63) is 34.4 Å². The standard InChI is InChI=1S/C10H12N6O3/c1-7-4-8(14-13-7)12-10(17)2-3-15-5-9(11-6-15)16(18)19/h4-6H,2-3H2,1H3,(H2,12,13,14,17). The summed E-state index contributed by atoms with van der Waals surface area (Å²) >= 11 is 0. The highest BCUT2D eigenvalue weighted by atomic mass is 16.6. The Bertz CT molecular complexity index is 602. The van der Waals surface area contributed by atoms with Crippen LogP contribution in [0.2, 0.25) is 0 Å². The quantitative estimate of drug-likeness (QED) is 0.613. The predicted octanol–water partition coefficient (Wildman–Crippen LogP) is 0.852. The van der Waals surface area contributed by atoms with E-state index in [0.717, 1.165) is 5.69 Å². The molecule has 1 amide bonds. The number of anilines is 1. The van der Waals surface area contributed by atoms with Crippen molar-refractivity contribution < 1.29 is 9.72 Å². The molecule has 2 aromatic rings. The van der Waals surface area contributed by atoms with E-state index in [1.807, 2.05) is 6.92 Å². The molecule has 2 rings (SSSR count). The first kappa shape index (κ1) is 12.7. The number of aromatic nitrogens is 4. The van der Waals surface area contributed by atoms with Crippen LogP contribution in [0.4, 0.5) is 11.6 Å². The van der Waals surface area contributed by atoms with Crippen molar-refractivity contribution in [2.45, 2.75) is 19.9 Å². The summed E-state index contributed by atoms with van der Waals surface area (Å²) in [5.74, 6) is 0.00491. The van der Waals surface area contributed by atoms with Gasteiger partial charge in [0.1, 0.15) is 6.20 Å². The molecule has 0 saturated heterocycles. The zero-order valence-electron chi connectivity index (χ0n) is 10.2. The van der Waals surface area contributed by atoms with Gasteiger partial charge in [-0.15, -0.1) is 0 Å². The van der Waals surface area contributed by atoms with Crippen LogP contribution >= 0.6 is 0 Å². The Kier molecular flexibility index (Phi) is 3.55. The van der Waals surface area contributed by atoms with Gasteiger partial charge in [0.25, 0.3) is 0 Å². The van der Waals surface area contributed by atoms with E-state index in [4.69, 9.17) is 0 Å². The lowest BCUT2D eigenvalue weighted by Gasteiger charge is -2.01. The Morgan fingerprint density at radius 1 is 1.63 bits per heavy atom. The number of carbonyl (C=O) groups excluding carboxylic acids is 1. The molecule has 0 aromatic carbocycles. The maximum absolute atomic E-state index is 11.6. The van der Waals surface area contributed by atoms with Crippen molar-refractivity contribution >= 4 is 17.5 Å². The summed E-state index contributed by atoms with van der Waals surface area (Å²) in [5.41, 5.74) is 0.848. The van der Waals surface area contributed by atoms with Gasteiger partial charge in [-0.25, -0.2) is 0 Å². The second kappa shape index (κ2) is 5.29. The van der Waals surface area contributed by atoms with E-state index in [-0.39, 0.29) is 18.1 Å². The number of aromatic amines is 1. The summed E-state index contributed by atoms with van der Waals surface area (Å²) < 4.78 is 1.49. The molecular formula is C10H12N6O3. The molecule has 2 heterocycles. The zero-order valence-corrected chi connectivity index (χ0v) is 10.2. The topological polar surface area (TPSA) is 119 Å². The molecule has 0 saturated carbocycles. The first-order chi connectivity index (χ1) is 9.04. The zero-order chi connectivity index (χ0) is 13.8. The van der Waals surface area contributed by atoms with Gasteiger partial charge in [0.05, 0.1) is 0 Å². The summed E-state index contributed by atoms with van der Waals surface area (Å²) in [6, 6.07) is 1.71. The van der Waals surface area contributed by atoms with Crippen LogP contribution in [0.15, 0.2) is 18.6 Å². The van der Waals surface area contributed by atoms with Crippen molar-refractivity contribution in [3.8, 4) is 0 Å². The number of imidazole rings is 1. The van der Waals surface area contributed by atoms with Gasteiger partial charge in [-0.2, -0.15) is 5.10 Å². The number of carbonyl (C=O) groups is 1.